The maximum absolute atomic E-state index is 12.7. The average molecular weight is 385 g/mol. The summed E-state index contributed by atoms with van der Waals surface area (Å²) in [6.45, 7) is 1.00. The Morgan fingerprint density at radius 3 is 2.71 bits per heavy atom. The molecule has 7 nitrogen and oxygen atoms in total. The molecule has 0 saturated heterocycles. The van der Waals surface area contributed by atoms with E-state index in [9.17, 15) is 15.0 Å². The maximum Gasteiger partial charge on any atom is 0.251 e. The molecule has 0 saturated carbocycles. The van der Waals surface area contributed by atoms with Crippen molar-refractivity contribution >= 4 is 5.91 Å². The summed E-state index contributed by atoms with van der Waals surface area (Å²) >= 11 is 0. The third-order valence-corrected chi connectivity index (χ3v) is 5.19. The summed E-state index contributed by atoms with van der Waals surface area (Å²) in [6.07, 6.45) is -0.327. The molecule has 7 heteroatoms. The van der Waals surface area contributed by atoms with Gasteiger partial charge in [0.2, 0.25) is 0 Å². The second kappa shape index (κ2) is 8.70. The van der Waals surface area contributed by atoms with Gasteiger partial charge < -0.3 is 26.0 Å². The molecule has 2 unspecified atom stereocenters. The Morgan fingerprint density at radius 2 is 2.07 bits per heavy atom. The van der Waals surface area contributed by atoms with Crippen LogP contribution in [-0.2, 0) is 5.41 Å². The zero-order chi connectivity index (χ0) is 20.1. The number of hydrogen-bond donors (Lipinski definition) is 5. The molecule has 3 rings (SSSR count). The Hall–Kier alpha value is -2.45. The van der Waals surface area contributed by atoms with Crippen LogP contribution in [0.5, 0.6) is 5.75 Å². The van der Waals surface area contributed by atoms with Gasteiger partial charge in [-0.3, -0.25) is 10.1 Å². The summed E-state index contributed by atoms with van der Waals surface area (Å²) in [5, 5.41) is 26.4. The number of fused-ring (bicyclic) bond motifs is 1. The Bertz CT molecular complexity index is 828. The Morgan fingerprint density at radius 1 is 1.32 bits per heavy atom. The van der Waals surface area contributed by atoms with Crippen molar-refractivity contribution in [2.45, 2.75) is 18.1 Å². The highest BCUT2D eigenvalue weighted by molar-refractivity contribution is 5.95. The van der Waals surface area contributed by atoms with E-state index in [0.29, 0.717) is 42.0 Å². The van der Waals surface area contributed by atoms with Crippen molar-refractivity contribution in [3.8, 4) is 5.75 Å². The first-order chi connectivity index (χ1) is 13.6. The topological polar surface area (TPSA) is 117 Å². The normalized spacial score (nSPS) is 19.0. The minimum absolute atomic E-state index is 0.183. The minimum atomic E-state index is -1.00. The quantitative estimate of drug-likeness (QED) is 0.336. The molecule has 0 aliphatic carbocycles. The van der Waals surface area contributed by atoms with Gasteiger partial charge in [-0.05, 0) is 37.7 Å². The number of amides is 1. The highest BCUT2D eigenvalue weighted by atomic mass is 16.5. The van der Waals surface area contributed by atoms with Crippen LogP contribution in [0.15, 0.2) is 42.5 Å². The van der Waals surface area contributed by atoms with E-state index in [1.807, 2.05) is 30.3 Å². The van der Waals surface area contributed by atoms with Crippen LogP contribution < -0.4 is 21.1 Å². The molecule has 28 heavy (non-hydrogen) atoms. The second-order valence-electron chi connectivity index (χ2n) is 6.93. The lowest BCUT2D eigenvalue weighted by molar-refractivity contribution is 0.0952. The highest BCUT2D eigenvalue weighted by Gasteiger charge is 2.44. The Balaban J connectivity index is 2.11. The van der Waals surface area contributed by atoms with E-state index in [4.69, 9.17) is 10.5 Å². The highest BCUT2D eigenvalue weighted by Crippen LogP contribution is 2.46. The van der Waals surface area contributed by atoms with E-state index in [2.05, 4.69) is 10.6 Å². The van der Waals surface area contributed by atoms with Gasteiger partial charge >= 0.3 is 0 Å². The smallest absolute Gasteiger partial charge is 0.251 e. The third-order valence-electron chi connectivity index (χ3n) is 5.19. The molecule has 2 aromatic carbocycles. The van der Waals surface area contributed by atoms with Gasteiger partial charge in [-0.1, -0.05) is 30.3 Å². The molecular weight excluding hydrogens is 358 g/mol. The van der Waals surface area contributed by atoms with Gasteiger partial charge in [-0.2, -0.15) is 0 Å². The lowest BCUT2D eigenvalue weighted by Crippen LogP contribution is -2.34. The van der Waals surface area contributed by atoms with E-state index in [1.165, 1.54) is 0 Å². The van der Waals surface area contributed by atoms with E-state index in [-0.39, 0.29) is 19.1 Å². The Kier molecular flexibility index (Phi) is 6.31. The number of aliphatic hydroxyl groups is 2. The summed E-state index contributed by atoms with van der Waals surface area (Å²) in [6, 6.07) is 12.9. The van der Waals surface area contributed by atoms with Crippen LogP contribution in [-0.4, -0.2) is 49.5 Å². The molecular formula is C21H27N3O4. The summed E-state index contributed by atoms with van der Waals surface area (Å²) in [4.78, 5) is 12.7. The summed E-state index contributed by atoms with van der Waals surface area (Å²) in [5.41, 5.74) is 7.14. The molecule has 1 heterocycles. The van der Waals surface area contributed by atoms with E-state index in [1.54, 1.807) is 19.2 Å². The first-order valence-electron chi connectivity index (χ1n) is 9.38. The summed E-state index contributed by atoms with van der Waals surface area (Å²) < 4.78 is 5.94. The molecule has 0 bridgehead atoms. The minimum Gasteiger partial charge on any atom is -0.491 e. The Labute approximate surface area is 164 Å². The number of nitrogens with one attached hydrogen (secondary N) is 2. The number of rotatable bonds is 8. The number of nitrogens with two attached hydrogens (primary N) is 1. The summed E-state index contributed by atoms with van der Waals surface area (Å²) in [5.74, 6) is 0.242. The zero-order valence-electron chi connectivity index (χ0n) is 15.9. The van der Waals surface area contributed by atoms with Crippen molar-refractivity contribution < 1.29 is 19.7 Å². The predicted molar refractivity (Wildman–Crippen MR) is 106 cm³/mol. The molecule has 0 radical (unpaired) electrons. The molecule has 0 aromatic heterocycles. The molecule has 1 amide bonds. The van der Waals surface area contributed by atoms with E-state index >= 15 is 0 Å². The molecule has 0 spiro atoms. The van der Waals surface area contributed by atoms with Crippen molar-refractivity contribution in [1.82, 2.24) is 10.6 Å². The lowest BCUT2D eigenvalue weighted by Gasteiger charge is -2.27. The van der Waals surface area contributed by atoms with Crippen LogP contribution in [0.2, 0.25) is 0 Å². The van der Waals surface area contributed by atoms with Crippen LogP contribution in [0.1, 0.15) is 39.7 Å². The van der Waals surface area contributed by atoms with Gasteiger partial charge in [0.15, 0.2) is 0 Å². The number of carbonyl (C=O) groups is 1. The largest absolute Gasteiger partial charge is 0.491 e. The van der Waals surface area contributed by atoms with Gasteiger partial charge in [0, 0.05) is 23.2 Å². The fourth-order valence-electron chi connectivity index (χ4n) is 3.55. The molecule has 150 valence electrons. The van der Waals surface area contributed by atoms with Gasteiger partial charge in [0.05, 0.1) is 12.0 Å². The molecule has 2 aromatic rings. The van der Waals surface area contributed by atoms with Gasteiger partial charge in [0.1, 0.15) is 18.6 Å². The van der Waals surface area contributed by atoms with E-state index in [0.717, 1.165) is 5.56 Å². The number of ether oxygens (including phenoxy) is 1. The first-order valence-corrected chi connectivity index (χ1v) is 9.38. The molecule has 6 N–H and O–H groups in total. The van der Waals surface area contributed by atoms with Crippen LogP contribution in [0, 0.1) is 0 Å². The van der Waals surface area contributed by atoms with Gasteiger partial charge in [-0.15, -0.1) is 0 Å². The predicted octanol–water partition coefficient (Wildman–Crippen LogP) is 0.646. The molecule has 1 aliphatic rings. The van der Waals surface area contributed by atoms with Gasteiger partial charge in [-0.25, -0.2) is 0 Å². The van der Waals surface area contributed by atoms with Gasteiger partial charge in [0.25, 0.3) is 5.91 Å². The lowest BCUT2D eigenvalue weighted by atomic mass is 9.76. The fraction of sp³-hybridized carbons (Fsp3) is 0.381. The maximum atomic E-state index is 12.7. The third kappa shape index (κ3) is 3.62. The monoisotopic (exact) mass is 385 g/mol. The first kappa shape index (κ1) is 20.3. The van der Waals surface area contributed by atoms with Crippen molar-refractivity contribution in [2.24, 2.45) is 5.73 Å². The number of benzene rings is 2. The zero-order valence-corrected chi connectivity index (χ0v) is 15.9. The number of carbonyl (C=O) groups excluding carboxylic acids is 1. The molecule has 1 aliphatic heterocycles. The van der Waals surface area contributed by atoms with Crippen LogP contribution in [0.25, 0.3) is 0 Å². The average Bonchev–Trinajstić information content (AvgIpc) is 3.13. The van der Waals surface area contributed by atoms with Crippen LogP contribution in [0.4, 0.5) is 0 Å². The van der Waals surface area contributed by atoms with Crippen molar-refractivity contribution in [2.75, 3.05) is 33.4 Å². The summed E-state index contributed by atoms with van der Waals surface area (Å²) in [7, 11) is 1.62. The number of hydrogen-bond acceptors (Lipinski definition) is 6. The van der Waals surface area contributed by atoms with Crippen molar-refractivity contribution in [3.63, 3.8) is 0 Å². The molecule has 2 atom stereocenters. The van der Waals surface area contributed by atoms with Crippen LogP contribution >= 0.6 is 0 Å². The van der Waals surface area contributed by atoms with Crippen molar-refractivity contribution in [3.05, 3.63) is 64.7 Å². The van der Waals surface area contributed by atoms with E-state index < -0.39 is 11.6 Å². The number of aliphatic hydroxyl groups excluding tert-OH is 2. The molecule has 0 fully saturated rings. The fourth-order valence-corrected chi connectivity index (χ4v) is 3.55. The second-order valence-corrected chi connectivity index (χ2v) is 6.93. The van der Waals surface area contributed by atoms with Crippen molar-refractivity contribution in [1.29, 1.82) is 0 Å². The van der Waals surface area contributed by atoms with Crippen LogP contribution in [0.3, 0.4) is 0 Å². The SMILES string of the molecule is CNC(O)c1cc(C(=O)NCCCN)cc2c1OCC2(CO)c1ccccc1. The standard InChI is InChI=1S/C21H27N3O4/c1-23-20(27)16-10-14(19(26)24-9-5-8-22)11-17-18(16)28-13-21(17,12-25)15-6-3-2-4-7-15/h2-4,6-7,10-11,20,23,25,27H,5,8-9,12-13,22H2,1H3,(H,24,26).